The van der Waals surface area contributed by atoms with E-state index in [1.54, 1.807) is 0 Å². The summed E-state index contributed by atoms with van der Waals surface area (Å²) in [6.45, 7) is 3.42. The molecule has 1 fully saturated rings. The molecule has 2 heterocycles. The summed E-state index contributed by atoms with van der Waals surface area (Å²) in [4.78, 5) is 7.28. The number of likely N-dealkylation sites (tertiary alicyclic amines) is 1. The zero-order valence-electron chi connectivity index (χ0n) is 18.3. The van der Waals surface area contributed by atoms with E-state index in [0.717, 1.165) is 49.5 Å². The highest BCUT2D eigenvalue weighted by molar-refractivity contribution is 6.31. The van der Waals surface area contributed by atoms with E-state index in [1.165, 1.54) is 24.0 Å². The molecule has 5 rings (SSSR count). The molecule has 0 atom stereocenters. The van der Waals surface area contributed by atoms with Gasteiger partial charge in [-0.3, -0.25) is 0 Å². The van der Waals surface area contributed by atoms with Crippen LogP contribution in [0.2, 0.25) is 5.02 Å². The molecule has 0 radical (unpaired) electrons. The van der Waals surface area contributed by atoms with Crippen molar-refractivity contribution in [3.05, 3.63) is 101 Å². The van der Waals surface area contributed by atoms with Gasteiger partial charge < -0.3 is 9.32 Å². The standard InChI is InChI=1S/C28H29ClN2O/c29-24-11-12-26-27(20-24)32-28(30-26)19-21-13-16-31(17-14-21)18-15-25(22-7-3-1-4-8-22)23-9-5-2-6-10-23/h1-12,20-21,25H,13-19H2. The van der Waals surface area contributed by atoms with Crippen LogP contribution >= 0.6 is 11.6 Å². The van der Waals surface area contributed by atoms with Gasteiger partial charge in [-0.1, -0.05) is 72.3 Å². The number of nitrogens with zero attached hydrogens (tertiary/aromatic N) is 2. The molecule has 0 saturated carbocycles. The molecule has 3 nitrogen and oxygen atoms in total. The van der Waals surface area contributed by atoms with Gasteiger partial charge in [-0.05, 0) is 68.1 Å². The van der Waals surface area contributed by atoms with Gasteiger partial charge in [0.1, 0.15) is 5.52 Å². The van der Waals surface area contributed by atoms with Gasteiger partial charge in [0.2, 0.25) is 0 Å². The molecule has 32 heavy (non-hydrogen) atoms. The highest BCUT2D eigenvalue weighted by Gasteiger charge is 2.23. The summed E-state index contributed by atoms with van der Waals surface area (Å²) in [6.07, 6.45) is 4.45. The predicted octanol–water partition coefficient (Wildman–Crippen LogP) is 6.96. The van der Waals surface area contributed by atoms with Crippen LogP contribution in [0.3, 0.4) is 0 Å². The third-order valence-electron chi connectivity index (χ3n) is 6.70. The lowest BCUT2D eigenvalue weighted by Gasteiger charge is -2.32. The van der Waals surface area contributed by atoms with Crippen molar-refractivity contribution < 1.29 is 4.42 Å². The molecular formula is C28H29ClN2O. The zero-order chi connectivity index (χ0) is 21.8. The number of piperidine rings is 1. The Balaban J connectivity index is 1.17. The number of benzene rings is 3. The minimum absolute atomic E-state index is 0.446. The van der Waals surface area contributed by atoms with Crippen molar-refractivity contribution in [2.45, 2.75) is 31.6 Å². The van der Waals surface area contributed by atoms with E-state index in [0.29, 0.717) is 16.9 Å². The molecule has 164 valence electrons. The molecule has 0 amide bonds. The fraction of sp³-hybridized carbons (Fsp3) is 0.321. The van der Waals surface area contributed by atoms with E-state index in [2.05, 4.69) is 70.5 Å². The molecular weight excluding hydrogens is 416 g/mol. The second-order valence-corrected chi connectivity index (χ2v) is 9.31. The normalized spacial score (nSPS) is 15.6. The number of halogens is 1. The number of aromatic nitrogens is 1. The van der Waals surface area contributed by atoms with Gasteiger partial charge >= 0.3 is 0 Å². The monoisotopic (exact) mass is 444 g/mol. The summed E-state index contributed by atoms with van der Waals surface area (Å²) in [5, 5.41) is 0.692. The Morgan fingerprint density at radius 2 is 1.56 bits per heavy atom. The van der Waals surface area contributed by atoms with E-state index in [-0.39, 0.29) is 0 Å². The SMILES string of the molecule is Clc1ccc2nc(CC3CCN(CCC(c4ccccc4)c4ccccc4)CC3)oc2c1. The lowest BCUT2D eigenvalue weighted by atomic mass is 9.87. The molecule has 4 aromatic rings. The second-order valence-electron chi connectivity index (χ2n) is 8.87. The Morgan fingerprint density at radius 3 is 2.22 bits per heavy atom. The molecule has 0 spiro atoms. The fourth-order valence-corrected chi connectivity index (χ4v) is 5.06. The van der Waals surface area contributed by atoms with Crippen molar-refractivity contribution in [2.24, 2.45) is 5.92 Å². The maximum absolute atomic E-state index is 6.07. The first kappa shape index (κ1) is 21.2. The summed E-state index contributed by atoms with van der Waals surface area (Å²) in [6, 6.07) is 27.5. The minimum atomic E-state index is 0.446. The molecule has 0 unspecified atom stereocenters. The quantitative estimate of drug-likeness (QED) is 0.308. The van der Waals surface area contributed by atoms with Gasteiger partial charge in [0.15, 0.2) is 11.5 Å². The smallest absolute Gasteiger partial charge is 0.195 e. The van der Waals surface area contributed by atoms with E-state index < -0.39 is 0 Å². The summed E-state index contributed by atoms with van der Waals surface area (Å²) in [5.74, 6) is 1.92. The molecule has 0 bridgehead atoms. The molecule has 1 aliphatic rings. The zero-order valence-corrected chi connectivity index (χ0v) is 19.0. The second kappa shape index (κ2) is 9.89. The number of hydrogen-bond donors (Lipinski definition) is 0. The number of rotatable bonds is 7. The molecule has 4 heteroatoms. The van der Waals surface area contributed by atoms with E-state index in [4.69, 9.17) is 16.0 Å². The third kappa shape index (κ3) is 5.06. The average molecular weight is 445 g/mol. The van der Waals surface area contributed by atoms with Crippen molar-refractivity contribution in [2.75, 3.05) is 19.6 Å². The van der Waals surface area contributed by atoms with E-state index in [9.17, 15) is 0 Å². The summed E-state index contributed by atoms with van der Waals surface area (Å²) < 4.78 is 5.95. The maximum atomic E-state index is 6.07. The van der Waals surface area contributed by atoms with Crippen LogP contribution in [-0.4, -0.2) is 29.5 Å². The Bertz CT molecular complexity index is 1090. The highest BCUT2D eigenvalue weighted by Crippen LogP contribution is 2.30. The molecule has 3 aromatic carbocycles. The Kier molecular flexibility index (Phi) is 6.56. The van der Waals surface area contributed by atoms with Gasteiger partial charge in [0.05, 0.1) is 0 Å². The molecule has 1 aliphatic heterocycles. The average Bonchev–Trinajstić information content (AvgIpc) is 3.23. The predicted molar refractivity (Wildman–Crippen MR) is 131 cm³/mol. The summed E-state index contributed by atoms with van der Waals surface area (Å²) in [7, 11) is 0. The Labute approximate surface area is 195 Å². The van der Waals surface area contributed by atoms with Crippen LogP contribution in [0.15, 0.2) is 83.3 Å². The molecule has 0 aliphatic carbocycles. The molecule has 0 N–H and O–H groups in total. The first-order chi connectivity index (χ1) is 15.7. The van der Waals surface area contributed by atoms with Crippen molar-refractivity contribution in [1.82, 2.24) is 9.88 Å². The van der Waals surface area contributed by atoms with Crippen LogP contribution in [0, 0.1) is 5.92 Å². The van der Waals surface area contributed by atoms with Crippen LogP contribution in [0.25, 0.3) is 11.1 Å². The Morgan fingerprint density at radius 1 is 0.906 bits per heavy atom. The van der Waals surface area contributed by atoms with Crippen LogP contribution in [0.4, 0.5) is 0 Å². The first-order valence-corrected chi connectivity index (χ1v) is 12.0. The number of fused-ring (bicyclic) bond motifs is 1. The molecule has 1 saturated heterocycles. The molecule has 1 aromatic heterocycles. The van der Waals surface area contributed by atoms with Crippen LogP contribution in [0.5, 0.6) is 0 Å². The number of hydrogen-bond acceptors (Lipinski definition) is 3. The van der Waals surface area contributed by atoms with Crippen molar-refractivity contribution in [3.63, 3.8) is 0 Å². The topological polar surface area (TPSA) is 29.3 Å². The van der Waals surface area contributed by atoms with Gasteiger partial charge in [0, 0.05) is 23.4 Å². The van der Waals surface area contributed by atoms with E-state index in [1.807, 2.05) is 18.2 Å². The van der Waals surface area contributed by atoms with Gasteiger partial charge in [-0.25, -0.2) is 4.98 Å². The third-order valence-corrected chi connectivity index (χ3v) is 6.94. The fourth-order valence-electron chi connectivity index (χ4n) is 4.90. The van der Waals surface area contributed by atoms with Crippen molar-refractivity contribution >= 4 is 22.7 Å². The largest absolute Gasteiger partial charge is 0.441 e. The van der Waals surface area contributed by atoms with Crippen molar-refractivity contribution in [3.8, 4) is 0 Å². The lowest BCUT2D eigenvalue weighted by Crippen LogP contribution is -2.35. The van der Waals surface area contributed by atoms with Gasteiger partial charge in [-0.15, -0.1) is 0 Å². The number of oxazole rings is 1. The maximum Gasteiger partial charge on any atom is 0.195 e. The van der Waals surface area contributed by atoms with Gasteiger partial charge in [0.25, 0.3) is 0 Å². The highest BCUT2D eigenvalue weighted by atomic mass is 35.5. The summed E-state index contributed by atoms with van der Waals surface area (Å²) in [5.41, 5.74) is 4.50. The van der Waals surface area contributed by atoms with E-state index >= 15 is 0 Å². The van der Waals surface area contributed by atoms with Crippen molar-refractivity contribution in [1.29, 1.82) is 0 Å². The van der Waals surface area contributed by atoms with Gasteiger partial charge in [-0.2, -0.15) is 0 Å². The van der Waals surface area contributed by atoms with Crippen LogP contribution < -0.4 is 0 Å². The lowest BCUT2D eigenvalue weighted by molar-refractivity contribution is 0.176. The first-order valence-electron chi connectivity index (χ1n) is 11.6. The van der Waals surface area contributed by atoms with Crippen LogP contribution in [0.1, 0.15) is 42.2 Å². The minimum Gasteiger partial charge on any atom is -0.441 e. The summed E-state index contributed by atoms with van der Waals surface area (Å²) >= 11 is 6.07. The van der Waals surface area contributed by atoms with Crippen LogP contribution in [-0.2, 0) is 6.42 Å². The Hall–Kier alpha value is -2.62.